The maximum absolute atomic E-state index is 13.1. The minimum Gasteiger partial charge on any atom is -0.325 e. The van der Waals surface area contributed by atoms with Crippen molar-refractivity contribution in [3.63, 3.8) is 0 Å². The van der Waals surface area contributed by atoms with Crippen molar-refractivity contribution in [1.29, 1.82) is 0 Å². The fourth-order valence-electron chi connectivity index (χ4n) is 2.61. The highest BCUT2D eigenvalue weighted by Crippen LogP contribution is 2.33. The van der Waals surface area contributed by atoms with Gasteiger partial charge in [0.25, 0.3) is 5.92 Å². The average Bonchev–Trinajstić information content (AvgIpc) is 2.80. The van der Waals surface area contributed by atoms with Crippen LogP contribution in [0, 0.1) is 0 Å². The molecule has 1 unspecified atom stereocenters. The van der Waals surface area contributed by atoms with Gasteiger partial charge in [0.15, 0.2) is 0 Å². The molecular weight excluding hydrogens is 364 g/mol. The second-order valence-electron chi connectivity index (χ2n) is 5.62. The smallest absolute Gasteiger partial charge is 0.273 e. The quantitative estimate of drug-likeness (QED) is 0.801. The van der Waals surface area contributed by atoms with E-state index in [1.165, 1.54) is 25.1 Å². The number of nitrogens with one attached hydrogen (secondary N) is 1. The molecule has 0 bridgehead atoms. The normalized spacial score (nSPS) is 17.4. The molecule has 1 aromatic carbocycles. The Balaban J connectivity index is 0.00000288. The number of anilines is 1. The summed E-state index contributed by atoms with van der Waals surface area (Å²) in [5.74, 6) is -3.43. The molecule has 6 nitrogen and oxygen atoms in total. The first-order valence-electron chi connectivity index (χ1n) is 7.08. The number of benzene rings is 1. The molecule has 136 valence electrons. The zero-order valence-corrected chi connectivity index (χ0v) is 14.9. The number of carbonyl (C=O) groups excluding carboxylic acids is 1. The Morgan fingerprint density at radius 2 is 2.08 bits per heavy atom. The first-order chi connectivity index (χ1) is 10.6. The number of nitrogens with two attached hydrogens (primary N) is 1. The third-order valence-electron chi connectivity index (χ3n) is 3.74. The van der Waals surface area contributed by atoms with E-state index in [-0.39, 0.29) is 29.3 Å². The zero-order chi connectivity index (χ0) is 17.4. The summed E-state index contributed by atoms with van der Waals surface area (Å²) < 4.78 is 52.3. The van der Waals surface area contributed by atoms with Crippen LogP contribution in [0.4, 0.5) is 14.5 Å². The molecule has 0 fully saturated rings. The van der Waals surface area contributed by atoms with Gasteiger partial charge in [-0.3, -0.25) is 4.79 Å². The monoisotopic (exact) mass is 383 g/mol. The minimum atomic E-state index is -4.07. The standard InChI is InChI=1S/C14H19F2N3O3S.ClH/c1-9-5-11-6-12(3-4-13(11)19(9)10(2)20)23(21,22)18-8-14(15,16)7-17;/h3-4,6,9,18H,5,7-8,17H2,1-2H3;1H. The number of hydrogen-bond donors (Lipinski definition) is 2. The highest BCUT2D eigenvalue weighted by atomic mass is 35.5. The molecule has 0 saturated heterocycles. The molecule has 1 aromatic rings. The summed E-state index contributed by atoms with van der Waals surface area (Å²) in [6, 6.07) is 4.17. The first kappa shape index (κ1) is 20.8. The highest BCUT2D eigenvalue weighted by Gasteiger charge is 2.32. The van der Waals surface area contributed by atoms with Crippen LogP contribution in [-0.2, 0) is 21.2 Å². The Bertz CT molecular complexity index is 728. The summed E-state index contributed by atoms with van der Waals surface area (Å²) in [7, 11) is -4.07. The van der Waals surface area contributed by atoms with Crippen LogP contribution in [0.2, 0.25) is 0 Å². The average molecular weight is 384 g/mol. The molecule has 3 N–H and O–H groups in total. The Morgan fingerprint density at radius 1 is 1.46 bits per heavy atom. The largest absolute Gasteiger partial charge is 0.325 e. The Kier molecular flexibility index (Phi) is 6.31. The third kappa shape index (κ3) is 4.21. The van der Waals surface area contributed by atoms with Crippen molar-refractivity contribution in [3.8, 4) is 0 Å². The molecule has 24 heavy (non-hydrogen) atoms. The van der Waals surface area contributed by atoms with Crippen LogP contribution in [0.25, 0.3) is 0 Å². The van der Waals surface area contributed by atoms with Crippen molar-refractivity contribution in [2.75, 3.05) is 18.0 Å². The zero-order valence-electron chi connectivity index (χ0n) is 13.3. The van der Waals surface area contributed by atoms with E-state index in [4.69, 9.17) is 5.73 Å². The van der Waals surface area contributed by atoms with Gasteiger partial charge in [0.2, 0.25) is 15.9 Å². The van der Waals surface area contributed by atoms with Crippen LogP contribution in [-0.4, -0.2) is 39.4 Å². The number of halogens is 3. The van der Waals surface area contributed by atoms with Gasteiger partial charge in [0.1, 0.15) is 0 Å². The van der Waals surface area contributed by atoms with Gasteiger partial charge < -0.3 is 10.6 Å². The molecule has 0 radical (unpaired) electrons. The summed E-state index contributed by atoms with van der Waals surface area (Å²) >= 11 is 0. The molecule has 0 aromatic heterocycles. The van der Waals surface area contributed by atoms with Gasteiger partial charge in [0.05, 0.1) is 18.0 Å². The fourth-order valence-corrected chi connectivity index (χ4v) is 3.72. The van der Waals surface area contributed by atoms with Gasteiger partial charge >= 0.3 is 0 Å². The molecule has 10 heteroatoms. The molecule has 1 amide bonds. The van der Waals surface area contributed by atoms with Crippen LogP contribution in [0.15, 0.2) is 23.1 Å². The van der Waals surface area contributed by atoms with E-state index in [1.54, 1.807) is 4.90 Å². The summed E-state index contributed by atoms with van der Waals surface area (Å²) in [6.45, 7) is 1.30. The number of fused-ring (bicyclic) bond motifs is 1. The number of sulfonamides is 1. The molecule has 2 rings (SSSR count). The molecule has 0 aliphatic carbocycles. The van der Waals surface area contributed by atoms with Gasteiger partial charge in [-0.1, -0.05) is 0 Å². The number of alkyl halides is 2. The lowest BCUT2D eigenvalue weighted by molar-refractivity contribution is -0.116. The van der Waals surface area contributed by atoms with Crippen molar-refractivity contribution in [2.45, 2.75) is 37.1 Å². The lowest BCUT2D eigenvalue weighted by Crippen LogP contribution is -2.41. The van der Waals surface area contributed by atoms with E-state index in [9.17, 15) is 22.0 Å². The van der Waals surface area contributed by atoms with E-state index in [0.717, 1.165) is 0 Å². The number of rotatable bonds is 5. The molecule has 1 aliphatic heterocycles. The van der Waals surface area contributed by atoms with Crippen molar-refractivity contribution >= 4 is 34.0 Å². The Hall–Kier alpha value is -1.29. The van der Waals surface area contributed by atoms with E-state index in [2.05, 4.69) is 0 Å². The van der Waals surface area contributed by atoms with E-state index < -0.39 is 29.0 Å². The first-order valence-corrected chi connectivity index (χ1v) is 8.56. The SMILES string of the molecule is CC(=O)N1c2ccc(S(=O)(=O)NCC(F)(F)CN)cc2CC1C.Cl. The van der Waals surface area contributed by atoms with Gasteiger partial charge in [0, 0.05) is 18.7 Å². The van der Waals surface area contributed by atoms with Gasteiger partial charge in [-0.15, -0.1) is 12.4 Å². The van der Waals surface area contributed by atoms with Crippen LogP contribution in [0.5, 0.6) is 0 Å². The van der Waals surface area contributed by atoms with E-state index >= 15 is 0 Å². The number of carbonyl (C=O) groups is 1. The summed E-state index contributed by atoms with van der Waals surface area (Å²) in [5, 5.41) is 0. The number of amides is 1. The highest BCUT2D eigenvalue weighted by molar-refractivity contribution is 7.89. The number of nitrogens with zero attached hydrogens (tertiary/aromatic N) is 1. The third-order valence-corrected chi connectivity index (χ3v) is 5.13. The predicted octanol–water partition coefficient (Wildman–Crippen LogP) is 1.28. The van der Waals surface area contributed by atoms with E-state index in [1.807, 2.05) is 11.6 Å². The van der Waals surface area contributed by atoms with Crippen molar-refractivity contribution in [3.05, 3.63) is 23.8 Å². The molecular formula is C14H20ClF2N3O3S. The Morgan fingerprint density at radius 3 is 2.62 bits per heavy atom. The van der Waals surface area contributed by atoms with E-state index in [0.29, 0.717) is 17.7 Å². The van der Waals surface area contributed by atoms with Crippen molar-refractivity contribution < 1.29 is 22.0 Å². The maximum atomic E-state index is 13.1. The predicted molar refractivity (Wildman–Crippen MR) is 89.2 cm³/mol. The molecule has 1 heterocycles. The molecule has 0 spiro atoms. The second kappa shape index (κ2) is 7.30. The molecule has 0 saturated carbocycles. The lowest BCUT2D eigenvalue weighted by atomic mass is 10.1. The summed E-state index contributed by atoms with van der Waals surface area (Å²) in [4.78, 5) is 13.1. The van der Waals surface area contributed by atoms with Crippen LogP contribution < -0.4 is 15.4 Å². The fraction of sp³-hybridized carbons (Fsp3) is 0.500. The maximum Gasteiger partial charge on any atom is 0.273 e. The molecule has 1 aliphatic rings. The summed E-state index contributed by atoms with van der Waals surface area (Å²) in [6.07, 6.45) is 0.511. The van der Waals surface area contributed by atoms with Gasteiger partial charge in [-0.25, -0.2) is 21.9 Å². The molecule has 1 atom stereocenters. The summed E-state index contributed by atoms with van der Waals surface area (Å²) in [5.41, 5.74) is 6.23. The topological polar surface area (TPSA) is 92.5 Å². The van der Waals surface area contributed by atoms with Crippen LogP contribution in [0.1, 0.15) is 19.4 Å². The Labute approximate surface area is 145 Å². The number of hydrogen-bond acceptors (Lipinski definition) is 4. The lowest BCUT2D eigenvalue weighted by Gasteiger charge is -2.20. The van der Waals surface area contributed by atoms with Crippen molar-refractivity contribution in [2.24, 2.45) is 5.73 Å². The second-order valence-corrected chi connectivity index (χ2v) is 7.38. The van der Waals surface area contributed by atoms with Crippen molar-refractivity contribution in [1.82, 2.24) is 4.72 Å². The van der Waals surface area contributed by atoms with Gasteiger partial charge in [-0.05, 0) is 37.1 Å². The van der Waals surface area contributed by atoms with Gasteiger partial charge in [-0.2, -0.15) is 0 Å². The van der Waals surface area contributed by atoms with Crippen LogP contribution >= 0.6 is 12.4 Å². The minimum absolute atomic E-state index is 0. The van der Waals surface area contributed by atoms with Crippen LogP contribution in [0.3, 0.4) is 0 Å².